The van der Waals surface area contributed by atoms with Gasteiger partial charge in [0.25, 0.3) is 0 Å². The summed E-state index contributed by atoms with van der Waals surface area (Å²) in [5, 5.41) is 12.9. The first-order valence-corrected chi connectivity index (χ1v) is 6.40. The number of hydrogen-bond donors (Lipinski definition) is 3. The van der Waals surface area contributed by atoms with E-state index in [0.717, 1.165) is 0 Å². The van der Waals surface area contributed by atoms with Gasteiger partial charge in [-0.2, -0.15) is 4.98 Å². The Morgan fingerprint density at radius 2 is 2.10 bits per heavy atom. The van der Waals surface area contributed by atoms with Gasteiger partial charge in [-0.15, -0.1) is 0 Å². The van der Waals surface area contributed by atoms with Crippen LogP contribution in [0.3, 0.4) is 0 Å². The number of halogens is 1. The molecule has 2 rings (SSSR count). The molecule has 0 radical (unpaired) electrons. The molecule has 2 aromatic rings. The number of nitrogen functional groups attached to an aromatic ring is 1. The number of nitrogens with two attached hydrogens (primary N) is 1. The first kappa shape index (κ1) is 14.4. The van der Waals surface area contributed by atoms with Gasteiger partial charge >= 0.3 is 0 Å². The number of nitrogens with zero attached hydrogens (tertiary/aromatic N) is 2. The fourth-order valence-electron chi connectivity index (χ4n) is 1.46. The van der Waals surface area contributed by atoms with Gasteiger partial charge in [0.15, 0.2) is 11.6 Å². The minimum atomic E-state index is -0.519. The van der Waals surface area contributed by atoms with E-state index in [4.69, 9.17) is 22.1 Å². The van der Waals surface area contributed by atoms with Crippen molar-refractivity contribution in [1.82, 2.24) is 9.97 Å². The normalized spacial score (nSPS) is 11.9. The van der Waals surface area contributed by atoms with Gasteiger partial charge in [-0.25, -0.2) is 4.98 Å². The zero-order valence-corrected chi connectivity index (χ0v) is 11.6. The molecule has 0 aliphatic carbocycles. The Labute approximate surface area is 121 Å². The van der Waals surface area contributed by atoms with Crippen LogP contribution >= 0.6 is 11.6 Å². The highest BCUT2D eigenvalue weighted by atomic mass is 35.5. The Morgan fingerprint density at radius 1 is 1.40 bits per heavy atom. The molecular formula is C13H15ClN4O2. The summed E-state index contributed by atoms with van der Waals surface area (Å²) in [6.45, 7) is 1.99. The van der Waals surface area contributed by atoms with Crippen LogP contribution in [0, 0.1) is 0 Å². The predicted molar refractivity (Wildman–Crippen MR) is 78.1 cm³/mol. The maximum atomic E-state index is 9.30. The lowest BCUT2D eigenvalue weighted by Crippen LogP contribution is -2.17. The first-order chi connectivity index (χ1) is 9.54. The average Bonchev–Trinajstić information content (AvgIpc) is 2.41. The van der Waals surface area contributed by atoms with Gasteiger partial charge in [-0.05, 0) is 31.2 Å². The monoisotopic (exact) mass is 294 g/mol. The fourth-order valence-corrected chi connectivity index (χ4v) is 1.59. The highest BCUT2D eigenvalue weighted by molar-refractivity contribution is 6.30. The van der Waals surface area contributed by atoms with Crippen LogP contribution in [0.2, 0.25) is 5.02 Å². The summed E-state index contributed by atoms with van der Waals surface area (Å²) in [4.78, 5) is 7.95. The molecular weight excluding hydrogens is 280 g/mol. The molecule has 1 unspecified atom stereocenters. The van der Waals surface area contributed by atoms with E-state index < -0.39 is 6.10 Å². The third-order valence-electron chi connectivity index (χ3n) is 2.38. The molecule has 20 heavy (non-hydrogen) atoms. The summed E-state index contributed by atoms with van der Waals surface area (Å²) in [5.41, 5.74) is 5.55. The van der Waals surface area contributed by atoms with Crippen molar-refractivity contribution < 1.29 is 9.84 Å². The van der Waals surface area contributed by atoms with Gasteiger partial charge in [0.2, 0.25) is 5.95 Å². The van der Waals surface area contributed by atoms with Gasteiger partial charge in [0.05, 0.1) is 12.3 Å². The summed E-state index contributed by atoms with van der Waals surface area (Å²) in [6, 6.07) is 6.91. The second-order valence-corrected chi connectivity index (χ2v) is 4.66. The van der Waals surface area contributed by atoms with Gasteiger partial charge < -0.3 is 20.9 Å². The number of ether oxygens (including phenoxy) is 1. The lowest BCUT2D eigenvalue weighted by molar-refractivity contribution is 0.208. The van der Waals surface area contributed by atoms with Crippen molar-refractivity contribution >= 4 is 23.4 Å². The molecule has 0 fully saturated rings. The maximum Gasteiger partial charge on any atom is 0.222 e. The van der Waals surface area contributed by atoms with E-state index in [1.165, 1.54) is 6.20 Å². The lowest BCUT2D eigenvalue weighted by Gasteiger charge is -2.13. The molecule has 4 N–H and O–H groups in total. The molecule has 1 atom stereocenters. The minimum Gasteiger partial charge on any atom is -0.452 e. The Kier molecular flexibility index (Phi) is 4.60. The molecule has 0 amide bonds. The van der Waals surface area contributed by atoms with E-state index in [1.54, 1.807) is 31.2 Å². The number of benzene rings is 1. The minimum absolute atomic E-state index is 0.126. The van der Waals surface area contributed by atoms with E-state index in [2.05, 4.69) is 15.3 Å². The smallest absolute Gasteiger partial charge is 0.222 e. The van der Waals surface area contributed by atoms with Crippen molar-refractivity contribution in [2.45, 2.75) is 13.0 Å². The van der Waals surface area contributed by atoms with Crippen molar-refractivity contribution in [3.8, 4) is 11.5 Å². The number of aromatic nitrogens is 2. The van der Waals surface area contributed by atoms with E-state index in [1.807, 2.05) is 0 Å². The SMILES string of the molecule is CC(O)CNc1nc(N)ncc1Oc1ccc(Cl)cc1. The van der Waals surface area contributed by atoms with E-state index in [0.29, 0.717) is 28.9 Å². The number of aliphatic hydroxyl groups is 1. The molecule has 6 nitrogen and oxygen atoms in total. The predicted octanol–water partition coefficient (Wildman–Crippen LogP) is 2.30. The van der Waals surface area contributed by atoms with Crippen molar-refractivity contribution in [3.63, 3.8) is 0 Å². The molecule has 106 valence electrons. The van der Waals surface area contributed by atoms with Gasteiger partial charge in [-0.1, -0.05) is 11.6 Å². The average molecular weight is 295 g/mol. The molecule has 1 heterocycles. The summed E-state index contributed by atoms with van der Waals surface area (Å²) < 4.78 is 5.67. The molecule has 0 spiro atoms. The van der Waals surface area contributed by atoms with E-state index >= 15 is 0 Å². The Balaban J connectivity index is 2.19. The zero-order valence-electron chi connectivity index (χ0n) is 10.9. The van der Waals surface area contributed by atoms with Crippen molar-refractivity contribution in [2.75, 3.05) is 17.6 Å². The number of rotatable bonds is 5. The second-order valence-electron chi connectivity index (χ2n) is 4.23. The van der Waals surface area contributed by atoms with Gasteiger partial charge in [-0.3, -0.25) is 0 Å². The summed E-state index contributed by atoms with van der Waals surface area (Å²) in [6.07, 6.45) is 0.955. The molecule has 0 aliphatic heterocycles. The van der Waals surface area contributed by atoms with Crippen LogP contribution in [-0.4, -0.2) is 27.7 Å². The standard InChI is InChI=1S/C13H15ClN4O2/c1-8(19)6-16-12-11(7-17-13(15)18-12)20-10-4-2-9(14)3-5-10/h2-5,7-8,19H,6H2,1H3,(H3,15,16,17,18). The maximum absolute atomic E-state index is 9.30. The number of anilines is 2. The van der Waals surface area contributed by atoms with Crippen LogP contribution in [0.15, 0.2) is 30.5 Å². The topological polar surface area (TPSA) is 93.3 Å². The Hall–Kier alpha value is -2.05. The summed E-state index contributed by atoms with van der Waals surface area (Å²) >= 11 is 5.81. The quantitative estimate of drug-likeness (QED) is 0.783. The third kappa shape index (κ3) is 3.97. The highest BCUT2D eigenvalue weighted by Crippen LogP contribution is 2.28. The van der Waals surface area contributed by atoms with Crippen LogP contribution in [0.25, 0.3) is 0 Å². The van der Waals surface area contributed by atoms with E-state index in [-0.39, 0.29) is 5.95 Å². The third-order valence-corrected chi connectivity index (χ3v) is 2.63. The van der Waals surface area contributed by atoms with Gasteiger partial charge in [0.1, 0.15) is 5.75 Å². The zero-order chi connectivity index (χ0) is 14.5. The molecule has 0 bridgehead atoms. The van der Waals surface area contributed by atoms with Gasteiger partial charge in [0, 0.05) is 11.6 Å². The number of aliphatic hydroxyl groups excluding tert-OH is 1. The van der Waals surface area contributed by atoms with Crippen LogP contribution in [0.1, 0.15) is 6.92 Å². The molecule has 0 aliphatic rings. The van der Waals surface area contributed by atoms with Crippen molar-refractivity contribution in [3.05, 3.63) is 35.5 Å². The van der Waals surface area contributed by atoms with Crippen molar-refractivity contribution in [2.24, 2.45) is 0 Å². The summed E-state index contributed by atoms with van der Waals surface area (Å²) in [5.74, 6) is 1.57. The number of nitrogens with one attached hydrogen (secondary N) is 1. The number of hydrogen-bond acceptors (Lipinski definition) is 6. The summed E-state index contributed by atoms with van der Waals surface area (Å²) in [7, 11) is 0. The molecule has 0 saturated carbocycles. The van der Waals surface area contributed by atoms with Crippen LogP contribution < -0.4 is 15.8 Å². The molecule has 0 saturated heterocycles. The van der Waals surface area contributed by atoms with Crippen LogP contribution in [0.5, 0.6) is 11.5 Å². The van der Waals surface area contributed by atoms with Crippen LogP contribution in [0.4, 0.5) is 11.8 Å². The molecule has 7 heteroatoms. The fraction of sp³-hybridized carbons (Fsp3) is 0.231. The van der Waals surface area contributed by atoms with Crippen molar-refractivity contribution in [1.29, 1.82) is 0 Å². The highest BCUT2D eigenvalue weighted by Gasteiger charge is 2.09. The Bertz CT molecular complexity index is 575. The molecule has 1 aromatic heterocycles. The van der Waals surface area contributed by atoms with E-state index in [9.17, 15) is 5.11 Å². The second kappa shape index (κ2) is 6.40. The van der Waals surface area contributed by atoms with Crippen LogP contribution in [-0.2, 0) is 0 Å². The first-order valence-electron chi connectivity index (χ1n) is 6.02. The lowest BCUT2D eigenvalue weighted by atomic mass is 10.3. The Morgan fingerprint density at radius 3 is 2.75 bits per heavy atom. The molecule has 1 aromatic carbocycles. The largest absolute Gasteiger partial charge is 0.452 e.